The second kappa shape index (κ2) is 9.16. The Morgan fingerprint density at radius 2 is 1.81 bits per heavy atom. The fraction of sp³-hybridized carbons (Fsp3) is 0.480. The summed E-state index contributed by atoms with van der Waals surface area (Å²) in [6, 6.07) is 6.58. The molecule has 164 valence electrons. The van der Waals surface area contributed by atoms with E-state index in [0.717, 1.165) is 38.5 Å². The van der Waals surface area contributed by atoms with Crippen molar-refractivity contribution in [2.75, 3.05) is 0 Å². The summed E-state index contributed by atoms with van der Waals surface area (Å²) < 4.78 is 14.8. The van der Waals surface area contributed by atoms with Crippen LogP contribution in [0, 0.1) is 12.7 Å². The lowest BCUT2D eigenvalue weighted by Gasteiger charge is -2.35. The molecule has 1 heterocycles. The van der Waals surface area contributed by atoms with Crippen LogP contribution in [0.25, 0.3) is 0 Å². The fourth-order valence-electron chi connectivity index (χ4n) is 4.62. The molecule has 0 radical (unpaired) electrons. The van der Waals surface area contributed by atoms with E-state index < -0.39 is 11.9 Å². The third-order valence-corrected chi connectivity index (χ3v) is 6.51. The number of rotatable bonds is 6. The van der Waals surface area contributed by atoms with E-state index in [4.69, 9.17) is 0 Å². The minimum absolute atomic E-state index is 0.0830. The highest BCUT2D eigenvalue weighted by molar-refractivity contribution is 5.96. The molecule has 31 heavy (non-hydrogen) atoms. The summed E-state index contributed by atoms with van der Waals surface area (Å²) in [6.07, 6.45) is 10.7. The van der Waals surface area contributed by atoms with Crippen molar-refractivity contribution < 1.29 is 14.0 Å². The molecule has 1 atom stereocenters. The molecular formula is C25H30FN3O2. The number of carbonyl (C=O) groups is 2. The Morgan fingerprint density at radius 1 is 1.10 bits per heavy atom. The molecule has 2 aliphatic rings. The Morgan fingerprint density at radius 3 is 2.45 bits per heavy atom. The first-order valence-electron chi connectivity index (χ1n) is 11.3. The summed E-state index contributed by atoms with van der Waals surface area (Å²) in [4.78, 5) is 32.0. The van der Waals surface area contributed by atoms with Crippen LogP contribution < -0.4 is 5.32 Å². The van der Waals surface area contributed by atoms with Gasteiger partial charge in [-0.15, -0.1) is 0 Å². The standard InChI is InChI=1S/C25H30FN3O2/c1-16-22(17(2)28-24(30)18-7-6-12-27-15-18)13-19(14-23(16)26)25(31)29(21-10-11-21)20-8-4-3-5-9-20/h6-7,12-15,17,20-21H,3-5,8-11H2,1-2H3,(H,28,30). The molecular weight excluding hydrogens is 393 g/mol. The molecule has 1 unspecified atom stereocenters. The highest BCUT2D eigenvalue weighted by Crippen LogP contribution is 2.35. The maximum absolute atomic E-state index is 14.8. The highest BCUT2D eigenvalue weighted by atomic mass is 19.1. The molecule has 0 bridgehead atoms. The first-order chi connectivity index (χ1) is 15.0. The Balaban J connectivity index is 1.58. The zero-order valence-electron chi connectivity index (χ0n) is 18.2. The van der Waals surface area contributed by atoms with E-state index in [9.17, 15) is 14.0 Å². The van der Waals surface area contributed by atoms with E-state index in [2.05, 4.69) is 10.3 Å². The van der Waals surface area contributed by atoms with Crippen molar-refractivity contribution in [3.63, 3.8) is 0 Å². The molecule has 0 spiro atoms. The van der Waals surface area contributed by atoms with Gasteiger partial charge in [-0.25, -0.2) is 4.39 Å². The quantitative estimate of drug-likeness (QED) is 0.714. The SMILES string of the molecule is Cc1c(F)cc(C(=O)N(C2CCCCC2)C2CC2)cc1C(C)NC(=O)c1cccnc1. The molecule has 4 rings (SSSR count). The van der Waals surface area contributed by atoms with Crippen molar-refractivity contribution in [1.82, 2.24) is 15.2 Å². The van der Waals surface area contributed by atoms with E-state index in [1.165, 1.54) is 18.7 Å². The number of nitrogens with zero attached hydrogens (tertiary/aromatic N) is 2. The smallest absolute Gasteiger partial charge is 0.254 e. The second-order valence-electron chi connectivity index (χ2n) is 8.84. The lowest BCUT2D eigenvalue weighted by atomic mass is 9.92. The molecule has 2 aromatic rings. The third-order valence-electron chi connectivity index (χ3n) is 6.51. The maximum atomic E-state index is 14.8. The number of benzene rings is 1. The highest BCUT2D eigenvalue weighted by Gasteiger charge is 2.38. The molecule has 0 aliphatic heterocycles. The Bertz CT molecular complexity index is 953. The Labute approximate surface area is 183 Å². The Kier molecular flexibility index (Phi) is 6.35. The molecule has 2 aliphatic carbocycles. The first-order valence-corrected chi connectivity index (χ1v) is 11.3. The van der Waals surface area contributed by atoms with Gasteiger partial charge < -0.3 is 10.2 Å². The topological polar surface area (TPSA) is 62.3 Å². The second-order valence-corrected chi connectivity index (χ2v) is 8.84. The van der Waals surface area contributed by atoms with Gasteiger partial charge in [0, 0.05) is 30.0 Å². The summed E-state index contributed by atoms with van der Waals surface area (Å²) in [6.45, 7) is 3.50. The molecule has 2 amide bonds. The summed E-state index contributed by atoms with van der Waals surface area (Å²) in [5.41, 5.74) is 1.89. The van der Waals surface area contributed by atoms with Gasteiger partial charge in [-0.05, 0) is 74.9 Å². The molecule has 1 aromatic carbocycles. The monoisotopic (exact) mass is 423 g/mol. The number of nitrogens with one attached hydrogen (secondary N) is 1. The normalized spacial score (nSPS) is 17.8. The van der Waals surface area contributed by atoms with Crippen LogP contribution in [0.15, 0.2) is 36.7 Å². The fourth-order valence-corrected chi connectivity index (χ4v) is 4.62. The van der Waals surface area contributed by atoms with Crippen molar-refractivity contribution in [3.8, 4) is 0 Å². The van der Waals surface area contributed by atoms with Gasteiger partial charge in [0.1, 0.15) is 5.82 Å². The zero-order valence-corrected chi connectivity index (χ0v) is 18.2. The summed E-state index contributed by atoms with van der Waals surface area (Å²) >= 11 is 0. The van der Waals surface area contributed by atoms with E-state index in [1.54, 1.807) is 31.3 Å². The van der Waals surface area contributed by atoms with Crippen molar-refractivity contribution in [2.24, 2.45) is 0 Å². The maximum Gasteiger partial charge on any atom is 0.254 e. The van der Waals surface area contributed by atoms with E-state index >= 15 is 0 Å². The van der Waals surface area contributed by atoms with Crippen LogP contribution in [0.1, 0.15) is 89.8 Å². The molecule has 5 nitrogen and oxygen atoms in total. The van der Waals surface area contributed by atoms with Gasteiger partial charge in [-0.2, -0.15) is 0 Å². The van der Waals surface area contributed by atoms with Gasteiger partial charge in [-0.1, -0.05) is 19.3 Å². The zero-order chi connectivity index (χ0) is 22.0. The Hall–Kier alpha value is -2.76. The van der Waals surface area contributed by atoms with E-state index in [1.807, 2.05) is 11.8 Å². The van der Waals surface area contributed by atoms with Gasteiger partial charge in [-0.3, -0.25) is 14.6 Å². The third kappa shape index (κ3) is 4.78. The number of aromatic nitrogens is 1. The van der Waals surface area contributed by atoms with Gasteiger partial charge in [0.25, 0.3) is 11.8 Å². The molecule has 2 fully saturated rings. The predicted molar refractivity (Wildman–Crippen MR) is 117 cm³/mol. The predicted octanol–water partition coefficient (Wildman–Crippen LogP) is 4.96. The lowest BCUT2D eigenvalue weighted by Crippen LogP contribution is -2.43. The molecule has 0 saturated heterocycles. The van der Waals surface area contributed by atoms with Crippen LogP contribution in [0.3, 0.4) is 0 Å². The largest absolute Gasteiger partial charge is 0.345 e. The molecule has 1 N–H and O–H groups in total. The molecule has 6 heteroatoms. The number of carbonyl (C=O) groups excluding carboxylic acids is 2. The van der Waals surface area contributed by atoms with Gasteiger partial charge >= 0.3 is 0 Å². The van der Waals surface area contributed by atoms with Gasteiger partial charge in [0.2, 0.25) is 0 Å². The number of pyridine rings is 1. The average molecular weight is 424 g/mol. The van der Waals surface area contributed by atoms with Gasteiger partial charge in [0.05, 0.1) is 11.6 Å². The van der Waals surface area contributed by atoms with Crippen molar-refractivity contribution in [1.29, 1.82) is 0 Å². The van der Waals surface area contributed by atoms with Crippen LogP contribution >= 0.6 is 0 Å². The van der Waals surface area contributed by atoms with Crippen molar-refractivity contribution >= 4 is 11.8 Å². The van der Waals surface area contributed by atoms with Crippen LogP contribution in [-0.4, -0.2) is 33.8 Å². The van der Waals surface area contributed by atoms with Crippen LogP contribution in [0.5, 0.6) is 0 Å². The number of hydrogen-bond acceptors (Lipinski definition) is 3. The van der Waals surface area contributed by atoms with Crippen LogP contribution in [0.2, 0.25) is 0 Å². The van der Waals surface area contributed by atoms with Crippen LogP contribution in [-0.2, 0) is 0 Å². The summed E-state index contributed by atoms with van der Waals surface area (Å²) in [5, 5.41) is 2.90. The number of hydrogen-bond donors (Lipinski definition) is 1. The minimum Gasteiger partial charge on any atom is -0.345 e. The van der Waals surface area contributed by atoms with Crippen molar-refractivity contribution in [3.05, 3.63) is 64.7 Å². The minimum atomic E-state index is -0.445. The number of amides is 2. The van der Waals surface area contributed by atoms with E-state index in [-0.39, 0.29) is 23.9 Å². The molecule has 1 aromatic heterocycles. The van der Waals surface area contributed by atoms with E-state index in [0.29, 0.717) is 22.3 Å². The number of halogens is 1. The van der Waals surface area contributed by atoms with Crippen LogP contribution in [0.4, 0.5) is 4.39 Å². The summed E-state index contributed by atoms with van der Waals surface area (Å²) in [7, 11) is 0. The lowest BCUT2D eigenvalue weighted by molar-refractivity contribution is 0.0613. The summed E-state index contributed by atoms with van der Waals surface area (Å²) in [5.74, 6) is -0.776. The van der Waals surface area contributed by atoms with Gasteiger partial charge in [0.15, 0.2) is 0 Å². The van der Waals surface area contributed by atoms with Crippen molar-refractivity contribution in [2.45, 2.75) is 76.9 Å². The average Bonchev–Trinajstić information content (AvgIpc) is 3.62. The molecule has 2 saturated carbocycles. The first kappa shape index (κ1) is 21.5.